The minimum atomic E-state index is -5.17. The third kappa shape index (κ3) is 122. The summed E-state index contributed by atoms with van der Waals surface area (Å²) in [7, 11) is -5.17. The molecule has 0 radical (unpaired) electrons. The predicted molar refractivity (Wildman–Crippen MR) is 10.5 cm³/mol. The first-order valence-corrected chi connectivity index (χ1v) is 2.00. The summed E-state index contributed by atoms with van der Waals surface area (Å²) in [5.41, 5.74) is 0. The fourth-order valence-electron chi connectivity index (χ4n) is 0. The maximum atomic E-state index is 8.52. The van der Waals surface area contributed by atoms with Gasteiger partial charge < -0.3 is 9.11 Å². The molecule has 40 valence electrons. The van der Waals surface area contributed by atoms with Crippen molar-refractivity contribution >= 4 is 10.4 Å². The fraction of sp³-hybridized carbons (Fsp3) is 0. The Kier molecular flexibility index (Phi) is 12.2. The van der Waals surface area contributed by atoms with Crippen LogP contribution >= 0.6 is 0 Å². The predicted octanol–water partition coefficient (Wildman–Crippen LogP) is -1.34. The van der Waals surface area contributed by atoms with E-state index in [0.717, 1.165) is 0 Å². The third-order valence-electron chi connectivity index (χ3n) is 0. The molecule has 0 bridgehead atoms. The van der Waals surface area contributed by atoms with Crippen LogP contribution in [0.3, 0.4) is 0 Å². The van der Waals surface area contributed by atoms with Gasteiger partial charge in [0.05, 0.1) is 0 Å². The largest absolute Gasteiger partial charge is 0.759 e. The molecule has 0 aliphatic heterocycles. The Labute approximate surface area is 71.0 Å². The molecular weight excluding hydrogens is 192 g/mol. The Morgan fingerprint density at radius 2 is 1.00 bits per heavy atom. The SMILES string of the molecule is O=S(=O)([O-])[O-].[Ti].[Ti]. The zero-order valence-corrected chi connectivity index (χ0v) is 6.98. The topological polar surface area (TPSA) is 80.3 Å². The Balaban J connectivity index is -0.0000000800. The molecule has 0 amide bonds. The quantitative estimate of drug-likeness (QED) is 0.270. The molecule has 0 aromatic heterocycles. The van der Waals surface area contributed by atoms with Gasteiger partial charge in [-0.25, -0.2) is 0 Å². The van der Waals surface area contributed by atoms with Gasteiger partial charge in [0.1, 0.15) is 0 Å². The average molecular weight is 192 g/mol. The van der Waals surface area contributed by atoms with Crippen molar-refractivity contribution in [3.05, 3.63) is 0 Å². The smallest absolute Gasteiger partial charge is 0.0311 e. The van der Waals surface area contributed by atoms with Crippen molar-refractivity contribution in [3.8, 4) is 0 Å². The van der Waals surface area contributed by atoms with Gasteiger partial charge >= 0.3 is 0 Å². The first-order valence-electron chi connectivity index (χ1n) is 0.667. The monoisotopic (exact) mass is 192 g/mol. The first kappa shape index (κ1) is 15.7. The second-order valence-electron chi connectivity index (χ2n) is 0.408. The summed E-state index contributed by atoms with van der Waals surface area (Å²) in [5, 5.41) is 0. The van der Waals surface area contributed by atoms with Gasteiger partial charge in [-0.15, -0.1) is 0 Å². The van der Waals surface area contributed by atoms with Gasteiger partial charge in [-0.05, 0) is 0 Å². The average Bonchev–Trinajstić information content (AvgIpc) is 0.722. The van der Waals surface area contributed by atoms with Crippen LogP contribution in [0.25, 0.3) is 0 Å². The molecule has 0 unspecified atom stereocenters. The Bertz CT molecular complexity index is 92.9. The van der Waals surface area contributed by atoms with Crippen molar-refractivity contribution in [1.29, 1.82) is 0 Å². The standard InChI is InChI=1S/H2O4S.2Ti/c1-5(2,3)4;;/h(H2,1,2,3,4);;/p-2. The molecular formula is O4STi2-2. The fourth-order valence-corrected chi connectivity index (χ4v) is 0. The van der Waals surface area contributed by atoms with Crippen LogP contribution in [-0.2, 0) is 53.8 Å². The van der Waals surface area contributed by atoms with Gasteiger partial charge in [0, 0.05) is 53.8 Å². The van der Waals surface area contributed by atoms with Crippen molar-refractivity contribution < 1.29 is 61.0 Å². The summed E-state index contributed by atoms with van der Waals surface area (Å²) < 4.78 is 34.1. The first-order chi connectivity index (χ1) is 2.00. The van der Waals surface area contributed by atoms with Crippen molar-refractivity contribution in [2.24, 2.45) is 0 Å². The van der Waals surface area contributed by atoms with E-state index in [1.165, 1.54) is 0 Å². The summed E-state index contributed by atoms with van der Waals surface area (Å²) in [4.78, 5) is 0. The van der Waals surface area contributed by atoms with Gasteiger partial charge in [-0.1, -0.05) is 0 Å². The van der Waals surface area contributed by atoms with Gasteiger partial charge in [0.2, 0.25) is 0 Å². The second kappa shape index (κ2) is 5.44. The van der Waals surface area contributed by atoms with E-state index < -0.39 is 10.4 Å². The molecule has 0 aliphatic carbocycles. The van der Waals surface area contributed by atoms with Crippen LogP contribution in [0.5, 0.6) is 0 Å². The molecule has 0 saturated heterocycles. The van der Waals surface area contributed by atoms with Crippen molar-refractivity contribution in [1.82, 2.24) is 0 Å². The zero-order valence-electron chi connectivity index (χ0n) is 3.04. The number of hydrogen-bond donors (Lipinski definition) is 0. The molecule has 7 heavy (non-hydrogen) atoms. The van der Waals surface area contributed by atoms with E-state index in [4.69, 9.17) is 17.5 Å². The van der Waals surface area contributed by atoms with Crippen molar-refractivity contribution in [2.75, 3.05) is 0 Å². The molecule has 0 aromatic rings. The van der Waals surface area contributed by atoms with Gasteiger partial charge in [0.15, 0.2) is 0 Å². The number of rotatable bonds is 0. The number of hydrogen-bond acceptors (Lipinski definition) is 4. The maximum Gasteiger partial charge on any atom is 0.0311 e. The van der Waals surface area contributed by atoms with Gasteiger partial charge in [-0.3, -0.25) is 8.42 Å². The van der Waals surface area contributed by atoms with E-state index in [9.17, 15) is 0 Å². The maximum absolute atomic E-state index is 8.52. The molecule has 0 aromatic carbocycles. The van der Waals surface area contributed by atoms with Crippen molar-refractivity contribution in [2.45, 2.75) is 0 Å². The molecule has 0 fully saturated rings. The summed E-state index contributed by atoms with van der Waals surface area (Å²) in [6, 6.07) is 0. The molecule has 7 heteroatoms. The van der Waals surface area contributed by atoms with E-state index in [1.54, 1.807) is 0 Å². The van der Waals surface area contributed by atoms with E-state index >= 15 is 0 Å². The van der Waals surface area contributed by atoms with Gasteiger partial charge in [-0.2, -0.15) is 0 Å². The summed E-state index contributed by atoms with van der Waals surface area (Å²) in [6.45, 7) is 0. The van der Waals surface area contributed by atoms with Crippen LogP contribution < -0.4 is 0 Å². The van der Waals surface area contributed by atoms with E-state index in [-0.39, 0.29) is 43.4 Å². The minimum Gasteiger partial charge on any atom is -0.759 e. The van der Waals surface area contributed by atoms with E-state index in [2.05, 4.69) is 0 Å². The Hall–Kier alpha value is 1.30. The summed E-state index contributed by atoms with van der Waals surface area (Å²) >= 11 is 0. The molecule has 0 aliphatic rings. The molecule has 0 atom stereocenters. The molecule has 0 heterocycles. The molecule has 0 rings (SSSR count). The normalized spacial score (nSPS) is 8.29. The van der Waals surface area contributed by atoms with Crippen LogP contribution in [0.15, 0.2) is 0 Å². The molecule has 0 N–H and O–H groups in total. The minimum absolute atomic E-state index is 0. The van der Waals surface area contributed by atoms with Crippen LogP contribution in [0.2, 0.25) is 0 Å². The van der Waals surface area contributed by atoms with Crippen LogP contribution in [0.1, 0.15) is 0 Å². The van der Waals surface area contributed by atoms with Crippen LogP contribution in [0.4, 0.5) is 0 Å². The van der Waals surface area contributed by atoms with Crippen molar-refractivity contribution in [3.63, 3.8) is 0 Å². The van der Waals surface area contributed by atoms with Crippen LogP contribution in [-0.4, -0.2) is 17.5 Å². The molecule has 0 saturated carbocycles. The Morgan fingerprint density at radius 3 is 1.00 bits per heavy atom. The Morgan fingerprint density at radius 1 is 1.00 bits per heavy atom. The third-order valence-corrected chi connectivity index (χ3v) is 0. The van der Waals surface area contributed by atoms with Gasteiger partial charge in [0.25, 0.3) is 0 Å². The van der Waals surface area contributed by atoms with E-state index in [0.29, 0.717) is 0 Å². The van der Waals surface area contributed by atoms with E-state index in [1.807, 2.05) is 0 Å². The summed E-state index contributed by atoms with van der Waals surface area (Å²) in [5.74, 6) is 0. The molecule has 0 spiro atoms. The van der Waals surface area contributed by atoms with Crippen LogP contribution in [0, 0.1) is 0 Å². The zero-order chi connectivity index (χ0) is 4.50. The molecule has 4 nitrogen and oxygen atoms in total. The summed E-state index contributed by atoms with van der Waals surface area (Å²) in [6.07, 6.45) is 0. The second-order valence-corrected chi connectivity index (χ2v) is 1.22.